The summed E-state index contributed by atoms with van der Waals surface area (Å²) in [6.45, 7) is 4.24. The van der Waals surface area contributed by atoms with Crippen molar-refractivity contribution in [2.45, 2.75) is 32.2 Å². The highest BCUT2D eigenvalue weighted by molar-refractivity contribution is 5.83. The van der Waals surface area contributed by atoms with Crippen LogP contribution in [0.4, 0.5) is 9.18 Å². The highest BCUT2D eigenvalue weighted by Crippen LogP contribution is 2.45. The van der Waals surface area contributed by atoms with Crippen molar-refractivity contribution >= 4 is 11.9 Å². The van der Waals surface area contributed by atoms with Gasteiger partial charge in [-0.1, -0.05) is 12.1 Å². The normalized spacial score (nSPS) is 24.0. The SMILES string of the molecule is O=C(NCc1cccc(F)c1)N1C[C@H](C(=O)N2CCCC2)C2(CCOCC2)C1. The summed E-state index contributed by atoms with van der Waals surface area (Å²) >= 11 is 0. The third-order valence-electron chi connectivity index (χ3n) is 6.47. The van der Waals surface area contributed by atoms with Crippen molar-refractivity contribution in [1.82, 2.24) is 15.1 Å². The van der Waals surface area contributed by atoms with Gasteiger partial charge in [-0.3, -0.25) is 4.79 Å². The molecule has 3 aliphatic rings. The Balaban J connectivity index is 1.44. The molecule has 4 rings (SSSR count). The van der Waals surface area contributed by atoms with E-state index >= 15 is 0 Å². The number of nitrogens with zero attached hydrogens (tertiary/aromatic N) is 2. The molecule has 3 aliphatic heterocycles. The number of ether oxygens (including phenoxy) is 1. The van der Waals surface area contributed by atoms with Crippen LogP contribution < -0.4 is 5.32 Å². The van der Waals surface area contributed by atoms with Gasteiger partial charge in [0.05, 0.1) is 5.92 Å². The predicted octanol–water partition coefficient (Wildman–Crippen LogP) is 2.39. The fraction of sp³-hybridized carbons (Fsp3) is 0.619. The van der Waals surface area contributed by atoms with E-state index < -0.39 is 0 Å². The Bertz CT molecular complexity index is 729. The van der Waals surface area contributed by atoms with E-state index in [0.717, 1.165) is 44.3 Å². The average Bonchev–Trinajstić information content (AvgIpc) is 3.35. The second-order valence-electron chi connectivity index (χ2n) is 8.23. The number of carbonyl (C=O) groups excluding carboxylic acids is 2. The summed E-state index contributed by atoms with van der Waals surface area (Å²) in [5.41, 5.74) is 0.534. The maximum absolute atomic E-state index is 13.3. The number of rotatable bonds is 3. The zero-order valence-electron chi connectivity index (χ0n) is 16.2. The molecule has 1 aromatic rings. The minimum Gasteiger partial charge on any atom is -0.381 e. The quantitative estimate of drug-likeness (QED) is 0.864. The summed E-state index contributed by atoms with van der Waals surface area (Å²) in [5, 5.41) is 2.88. The fourth-order valence-corrected chi connectivity index (χ4v) is 4.84. The monoisotopic (exact) mass is 389 g/mol. The summed E-state index contributed by atoms with van der Waals surface area (Å²) < 4.78 is 18.9. The number of urea groups is 1. The van der Waals surface area contributed by atoms with Gasteiger partial charge in [0, 0.05) is 51.4 Å². The van der Waals surface area contributed by atoms with Gasteiger partial charge in [-0.05, 0) is 43.4 Å². The minimum absolute atomic E-state index is 0.158. The van der Waals surface area contributed by atoms with Gasteiger partial charge in [-0.25, -0.2) is 9.18 Å². The Morgan fingerprint density at radius 2 is 1.93 bits per heavy atom. The van der Waals surface area contributed by atoms with E-state index in [2.05, 4.69) is 5.32 Å². The summed E-state index contributed by atoms with van der Waals surface area (Å²) in [6, 6.07) is 6.03. The number of halogens is 1. The molecule has 1 N–H and O–H groups in total. The first-order valence-electron chi connectivity index (χ1n) is 10.2. The van der Waals surface area contributed by atoms with Gasteiger partial charge in [0.15, 0.2) is 0 Å². The third kappa shape index (κ3) is 3.85. The molecule has 0 aliphatic carbocycles. The maximum Gasteiger partial charge on any atom is 0.317 e. The average molecular weight is 389 g/mol. The van der Waals surface area contributed by atoms with E-state index in [1.807, 2.05) is 4.90 Å². The van der Waals surface area contributed by atoms with Crippen molar-refractivity contribution in [1.29, 1.82) is 0 Å². The maximum atomic E-state index is 13.3. The molecule has 0 radical (unpaired) electrons. The van der Waals surface area contributed by atoms with E-state index in [-0.39, 0.29) is 35.6 Å². The topological polar surface area (TPSA) is 61.9 Å². The van der Waals surface area contributed by atoms with Gasteiger partial charge in [0.1, 0.15) is 5.82 Å². The smallest absolute Gasteiger partial charge is 0.317 e. The molecule has 3 amide bonds. The molecule has 7 heteroatoms. The molecular weight excluding hydrogens is 361 g/mol. The zero-order valence-corrected chi connectivity index (χ0v) is 16.2. The van der Waals surface area contributed by atoms with Crippen LogP contribution >= 0.6 is 0 Å². The van der Waals surface area contributed by atoms with Gasteiger partial charge in [-0.2, -0.15) is 0 Å². The molecule has 0 saturated carbocycles. The van der Waals surface area contributed by atoms with Crippen LogP contribution in [0, 0.1) is 17.2 Å². The van der Waals surface area contributed by atoms with E-state index in [0.29, 0.717) is 26.3 Å². The van der Waals surface area contributed by atoms with Crippen LogP contribution in [-0.2, 0) is 16.1 Å². The fourth-order valence-electron chi connectivity index (χ4n) is 4.84. The molecule has 3 fully saturated rings. The van der Waals surface area contributed by atoms with Crippen LogP contribution in [-0.4, -0.2) is 61.1 Å². The van der Waals surface area contributed by atoms with E-state index in [4.69, 9.17) is 4.74 Å². The summed E-state index contributed by atoms with van der Waals surface area (Å²) in [7, 11) is 0. The standard InChI is InChI=1S/C21H28FN3O3/c22-17-5-3-4-16(12-17)13-23-20(27)25-14-18(19(26)24-8-1-2-9-24)21(15-25)6-10-28-11-7-21/h3-5,12,18H,1-2,6-11,13-15H2,(H,23,27)/t18-/m1/s1. The van der Waals surface area contributed by atoms with Gasteiger partial charge < -0.3 is 19.9 Å². The predicted molar refractivity (Wildman–Crippen MR) is 102 cm³/mol. The lowest BCUT2D eigenvalue weighted by Crippen LogP contribution is -2.45. The lowest BCUT2D eigenvalue weighted by atomic mass is 9.71. The van der Waals surface area contributed by atoms with E-state index in [9.17, 15) is 14.0 Å². The van der Waals surface area contributed by atoms with Crippen LogP contribution in [0.25, 0.3) is 0 Å². The van der Waals surface area contributed by atoms with E-state index in [1.165, 1.54) is 12.1 Å². The first kappa shape index (κ1) is 19.2. The van der Waals surface area contributed by atoms with Crippen molar-refractivity contribution in [3.8, 4) is 0 Å². The molecule has 152 valence electrons. The van der Waals surface area contributed by atoms with E-state index in [1.54, 1.807) is 17.0 Å². The molecule has 1 atom stereocenters. The van der Waals surface area contributed by atoms with Gasteiger partial charge in [-0.15, -0.1) is 0 Å². The van der Waals surface area contributed by atoms with Crippen LogP contribution in [0.15, 0.2) is 24.3 Å². The van der Waals surface area contributed by atoms with Gasteiger partial charge >= 0.3 is 6.03 Å². The number of amides is 3. The lowest BCUT2D eigenvalue weighted by molar-refractivity contribution is -0.139. The van der Waals surface area contributed by atoms with Crippen LogP contribution in [0.2, 0.25) is 0 Å². The Hall–Kier alpha value is -2.15. The second kappa shape index (κ2) is 8.07. The molecule has 0 aromatic heterocycles. The first-order valence-corrected chi connectivity index (χ1v) is 10.2. The number of hydrogen-bond donors (Lipinski definition) is 1. The minimum atomic E-state index is -0.314. The number of hydrogen-bond acceptors (Lipinski definition) is 3. The molecule has 1 spiro atoms. The molecular formula is C21H28FN3O3. The highest BCUT2D eigenvalue weighted by Gasteiger charge is 2.52. The largest absolute Gasteiger partial charge is 0.381 e. The Morgan fingerprint density at radius 3 is 2.64 bits per heavy atom. The second-order valence-corrected chi connectivity index (χ2v) is 8.23. The van der Waals surface area contributed by atoms with Crippen molar-refractivity contribution in [3.63, 3.8) is 0 Å². The van der Waals surface area contributed by atoms with Crippen molar-refractivity contribution in [2.24, 2.45) is 11.3 Å². The van der Waals surface area contributed by atoms with Crippen molar-refractivity contribution in [2.75, 3.05) is 39.4 Å². The number of carbonyl (C=O) groups is 2. The Kier molecular flexibility index (Phi) is 5.53. The molecule has 1 aromatic carbocycles. The third-order valence-corrected chi connectivity index (χ3v) is 6.47. The molecule has 0 bridgehead atoms. The summed E-state index contributed by atoms with van der Waals surface area (Å²) in [6.07, 6.45) is 3.74. The van der Waals surface area contributed by atoms with Gasteiger partial charge in [0.2, 0.25) is 5.91 Å². The highest BCUT2D eigenvalue weighted by atomic mass is 19.1. The molecule has 3 saturated heterocycles. The lowest BCUT2D eigenvalue weighted by Gasteiger charge is -2.38. The zero-order chi connectivity index (χ0) is 19.6. The summed E-state index contributed by atoms with van der Waals surface area (Å²) in [5.74, 6) is -0.278. The van der Waals surface area contributed by atoms with Crippen LogP contribution in [0.1, 0.15) is 31.2 Å². The van der Waals surface area contributed by atoms with Crippen LogP contribution in [0.5, 0.6) is 0 Å². The number of benzene rings is 1. The molecule has 28 heavy (non-hydrogen) atoms. The molecule has 0 unspecified atom stereocenters. The Labute approximate surface area is 165 Å². The number of nitrogens with one attached hydrogen (secondary N) is 1. The number of likely N-dealkylation sites (tertiary alicyclic amines) is 2. The molecule has 3 heterocycles. The summed E-state index contributed by atoms with van der Waals surface area (Å²) in [4.78, 5) is 29.7. The van der Waals surface area contributed by atoms with Crippen molar-refractivity contribution in [3.05, 3.63) is 35.6 Å². The first-order chi connectivity index (χ1) is 13.6. The Morgan fingerprint density at radius 1 is 1.18 bits per heavy atom. The van der Waals surface area contributed by atoms with Crippen molar-refractivity contribution < 1.29 is 18.7 Å². The molecule has 6 nitrogen and oxygen atoms in total. The van der Waals surface area contributed by atoms with Crippen LogP contribution in [0.3, 0.4) is 0 Å². The van der Waals surface area contributed by atoms with Gasteiger partial charge in [0.25, 0.3) is 0 Å².